The van der Waals surface area contributed by atoms with Crippen LogP contribution in [0.25, 0.3) is 0 Å². The van der Waals surface area contributed by atoms with Gasteiger partial charge in [0.05, 0.1) is 12.7 Å². The summed E-state index contributed by atoms with van der Waals surface area (Å²) in [7, 11) is -1.81. The highest BCUT2D eigenvalue weighted by Gasteiger charge is 2.40. The van der Waals surface area contributed by atoms with Crippen molar-refractivity contribution in [1.29, 1.82) is 0 Å². The molecule has 0 unspecified atom stereocenters. The van der Waals surface area contributed by atoms with E-state index >= 15 is 0 Å². The third-order valence-corrected chi connectivity index (χ3v) is 6.56. The molecule has 2 fully saturated rings. The first-order chi connectivity index (χ1) is 10.9. The third-order valence-electron chi connectivity index (χ3n) is 4.71. The van der Waals surface area contributed by atoms with Crippen LogP contribution in [0.4, 0.5) is 0 Å². The lowest BCUT2D eigenvalue weighted by molar-refractivity contribution is 0.347. The molecule has 124 valence electrons. The molecular weight excluding hydrogens is 314 g/mol. The van der Waals surface area contributed by atoms with E-state index in [4.69, 9.17) is 4.42 Å². The van der Waals surface area contributed by atoms with Crippen molar-refractivity contribution >= 4 is 10.0 Å². The van der Waals surface area contributed by atoms with Gasteiger partial charge in [0, 0.05) is 25.2 Å². The van der Waals surface area contributed by atoms with Crippen LogP contribution in [0.5, 0.6) is 0 Å². The lowest BCUT2D eigenvalue weighted by atomic mass is 10.3. The maximum Gasteiger partial charge on any atom is 0.246 e. The molecule has 7 heteroatoms. The minimum Gasteiger partial charge on any atom is -0.464 e. The van der Waals surface area contributed by atoms with E-state index in [1.807, 2.05) is 12.1 Å². The van der Waals surface area contributed by atoms with Gasteiger partial charge in [0.25, 0.3) is 0 Å². The van der Waals surface area contributed by atoms with E-state index in [1.165, 1.54) is 10.9 Å². The molecule has 0 spiro atoms. The normalized spacial score (nSPS) is 24.3. The Morgan fingerprint density at radius 1 is 1.39 bits per heavy atom. The van der Waals surface area contributed by atoms with Gasteiger partial charge in [-0.2, -0.15) is 9.40 Å². The second-order valence-corrected chi connectivity index (χ2v) is 8.65. The van der Waals surface area contributed by atoms with Gasteiger partial charge >= 0.3 is 0 Å². The highest BCUT2D eigenvalue weighted by molar-refractivity contribution is 7.89. The van der Waals surface area contributed by atoms with Gasteiger partial charge in [0.1, 0.15) is 16.4 Å². The summed E-state index contributed by atoms with van der Waals surface area (Å²) in [5.41, 5.74) is 0. The average molecular weight is 335 g/mol. The topological polar surface area (TPSA) is 68.3 Å². The third kappa shape index (κ3) is 2.83. The van der Waals surface area contributed by atoms with Crippen LogP contribution in [-0.2, 0) is 23.6 Å². The van der Waals surface area contributed by atoms with Gasteiger partial charge in [-0.05, 0) is 37.3 Å². The van der Waals surface area contributed by atoms with E-state index in [9.17, 15) is 8.42 Å². The molecule has 2 aromatic rings. The average Bonchev–Trinajstić information content (AvgIpc) is 3.37. The Morgan fingerprint density at radius 3 is 2.70 bits per heavy atom. The van der Waals surface area contributed by atoms with E-state index in [1.54, 1.807) is 17.5 Å². The van der Waals surface area contributed by atoms with Crippen molar-refractivity contribution in [3.63, 3.8) is 0 Å². The minimum atomic E-state index is -3.53. The predicted octanol–water partition coefficient (Wildman–Crippen LogP) is 2.49. The van der Waals surface area contributed by atoms with Crippen molar-refractivity contribution in [2.45, 2.75) is 49.6 Å². The highest BCUT2D eigenvalue weighted by Crippen LogP contribution is 2.47. The van der Waals surface area contributed by atoms with E-state index in [2.05, 4.69) is 12.0 Å². The molecule has 0 aromatic carbocycles. The number of rotatable bonds is 6. The molecule has 0 radical (unpaired) electrons. The number of hydrogen-bond donors (Lipinski definition) is 0. The summed E-state index contributed by atoms with van der Waals surface area (Å²) in [5, 5.41) is 3.98. The standard InChI is InChI=1S/C16H21N3O3S/c1-11-7-15(11)16-6-5-13(22-16)9-19(12-3-4-12)23(20,21)14-8-17-18(2)10-14/h5-6,8,10-12,15H,3-4,7,9H2,1-2H3/t11-,15+/m1/s1. The van der Waals surface area contributed by atoms with E-state index in [0.29, 0.717) is 18.4 Å². The number of nitrogens with zero attached hydrogens (tertiary/aromatic N) is 3. The number of sulfonamides is 1. The van der Waals surface area contributed by atoms with Crippen LogP contribution in [0, 0.1) is 5.92 Å². The Bertz CT molecular complexity index is 819. The Balaban J connectivity index is 1.57. The fourth-order valence-electron chi connectivity index (χ4n) is 2.99. The molecule has 0 amide bonds. The van der Waals surface area contributed by atoms with E-state index in [-0.39, 0.29) is 10.9 Å². The lowest BCUT2D eigenvalue weighted by Crippen LogP contribution is -2.32. The van der Waals surface area contributed by atoms with Crippen LogP contribution in [0.15, 0.2) is 33.8 Å². The van der Waals surface area contributed by atoms with Crippen LogP contribution in [0.1, 0.15) is 43.6 Å². The quantitative estimate of drug-likeness (QED) is 0.813. The number of aromatic nitrogens is 2. The molecule has 2 heterocycles. The molecule has 2 atom stereocenters. The van der Waals surface area contributed by atoms with Crippen LogP contribution in [-0.4, -0.2) is 28.5 Å². The van der Waals surface area contributed by atoms with Crippen LogP contribution >= 0.6 is 0 Å². The Hall–Kier alpha value is -1.60. The zero-order chi connectivity index (χ0) is 16.2. The predicted molar refractivity (Wildman–Crippen MR) is 84.2 cm³/mol. The van der Waals surface area contributed by atoms with Crippen molar-refractivity contribution in [1.82, 2.24) is 14.1 Å². The zero-order valence-corrected chi connectivity index (χ0v) is 14.2. The molecule has 2 saturated carbocycles. The summed E-state index contributed by atoms with van der Waals surface area (Å²) >= 11 is 0. The molecule has 0 bridgehead atoms. The molecule has 0 N–H and O–H groups in total. The van der Waals surface area contributed by atoms with Crippen LogP contribution in [0.3, 0.4) is 0 Å². The number of aryl methyl sites for hydroxylation is 1. The summed E-state index contributed by atoms with van der Waals surface area (Å²) in [6.45, 7) is 2.50. The van der Waals surface area contributed by atoms with Gasteiger partial charge in [0.2, 0.25) is 10.0 Å². The molecule has 2 aliphatic carbocycles. The van der Waals surface area contributed by atoms with E-state index < -0.39 is 10.0 Å². The lowest BCUT2D eigenvalue weighted by Gasteiger charge is -2.19. The van der Waals surface area contributed by atoms with Gasteiger partial charge < -0.3 is 4.42 Å². The van der Waals surface area contributed by atoms with Crippen molar-refractivity contribution in [2.75, 3.05) is 0 Å². The van der Waals surface area contributed by atoms with Crippen molar-refractivity contribution in [2.24, 2.45) is 13.0 Å². The van der Waals surface area contributed by atoms with Crippen molar-refractivity contribution in [3.05, 3.63) is 36.0 Å². The summed E-state index contributed by atoms with van der Waals surface area (Å²) in [6.07, 6.45) is 5.93. The maximum atomic E-state index is 12.9. The molecule has 4 rings (SSSR count). The summed E-state index contributed by atoms with van der Waals surface area (Å²) < 4.78 is 34.7. The summed E-state index contributed by atoms with van der Waals surface area (Å²) in [4.78, 5) is 0.245. The molecule has 2 aromatic heterocycles. The Kier molecular flexibility index (Phi) is 3.39. The Labute approximate surface area is 136 Å². The first kappa shape index (κ1) is 15.0. The maximum absolute atomic E-state index is 12.9. The van der Waals surface area contributed by atoms with Gasteiger partial charge in [-0.3, -0.25) is 4.68 Å². The molecule has 0 aliphatic heterocycles. The number of furan rings is 1. The molecule has 23 heavy (non-hydrogen) atoms. The number of hydrogen-bond acceptors (Lipinski definition) is 4. The first-order valence-corrected chi connectivity index (χ1v) is 9.48. The van der Waals surface area contributed by atoms with Gasteiger partial charge in [0.15, 0.2) is 0 Å². The van der Waals surface area contributed by atoms with Crippen molar-refractivity contribution < 1.29 is 12.8 Å². The van der Waals surface area contributed by atoms with Crippen LogP contribution in [0.2, 0.25) is 0 Å². The molecule has 6 nitrogen and oxygen atoms in total. The van der Waals surface area contributed by atoms with E-state index in [0.717, 1.165) is 30.8 Å². The zero-order valence-electron chi connectivity index (χ0n) is 13.3. The highest BCUT2D eigenvalue weighted by atomic mass is 32.2. The Morgan fingerprint density at radius 2 is 2.13 bits per heavy atom. The van der Waals surface area contributed by atoms with Crippen LogP contribution < -0.4 is 0 Å². The molecular formula is C16H21N3O3S. The molecule has 2 aliphatic rings. The fourth-order valence-corrected chi connectivity index (χ4v) is 4.63. The summed E-state index contributed by atoms with van der Waals surface area (Å²) in [5.74, 6) is 2.89. The smallest absolute Gasteiger partial charge is 0.246 e. The summed E-state index contributed by atoms with van der Waals surface area (Å²) in [6, 6.07) is 3.98. The van der Waals surface area contributed by atoms with Crippen molar-refractivity contribution in [3.8, 4) is 0 Å². The second-order valence-electron chi connectivity index (χ2n) is 6.75. The fraction of sp³-hybridized carbons (Fsp3) is 0.562. The van der Waals surface area contributed by atoms with Gasteiger partial charge in [-0.25, -0.2) is 8.42 Å². The first-order valence-electron chi connectivity index (χ1n) is 8.04. The largest absolute Gasteiger partial charge is 0.464 e. The van der Waals surface area contributed by atoms with Gasteiger partial charge in [-0.1, -0.05) is 6.92 Å². The SMILES string of the molecule is C[C@@H]1C[C@@H]1c1ccc(CN(C2CC2)S(=O)(=O)c2cnn(C)c2)o1. The monoisotopic (exact) mass is 335 g/mol. The second kappa shape index (κ2) is 5.21. The molecule has 0 saturated heterocycles. The van der Waals surface area contributed by atoms with Gasteiger partial charge in [-0.15, -0.1) is 0 Å². The minimum absolute atomic E-state index is 0.0774.